The van der Waals surface area contributed by atoms with Crippen molar-refractivity contribution in [1.82, 2.24) is 9.80 Å². The predicted octanol–water partition coefficient (Wildman–Crippen LogP) is 12.8. The zero-order chi connectivity index (χ0) is 37.7. The molecule has 0 bridgehead atoms. The Kier molecular flexibility index (Phi) is 33.4. The van der Waals surface area contributed by atoms with Crippen LogP contribution in [0.2, 0.25) is 0 Å². The van der Waals surface area contributed by atoms with Crippen molar-refractivity contribution in [3.05, 3.63) is 35.4 Å². The van der Waals surface area contributed by atoms with Gasteiger partial charge < -0.3 is 19.3 Å². The molecule has 52 heavy (non-hydrogen) atoms. The molecule has 1 aromatic rings. The van der Waals surface area contributed by atoms with Gasteiger partial charge in [-0.25, -0.2) is 9.59 Å². The van der Waals surface area contributed by atoms with Gasteiger partial charge in [0.2, 0.25) is 0 Å². The summed E-state index contributed by atoms with van der Waals surface area (Å²) in [5, 5.41) is 0. The Balaban J connectivity index is 2.42. The highest BCUT2D eigenvalue weighted by molar-refractivity contribution is 5.93. The van der Waals surface area contributed by atoms with Gasteiger partial charge in [0.25, 0.3) is 0 Å². The van der Waals surface area contributed by atoms with E-state index < -0.39 is 0 Å². The van der Waals surface area contributed by atoms with E-state index in [1.54, 1.807) is 24.3 Å². The standard InChI is InChI=1S/C46H84N2O4/c1-5-9-13-17-21-25-35-47(36-26-22-18-14-10-6-2)39-29-41-51-45(49)43-31-33-44(34-32-43)46(50)52-42-30-40-48(37-27-23-19-15-11-7-3)38-28-24-20-16-12-8-4/h31-34H,5-30,35-42H2,1-4H3. The van der Waals surface area contributed by atoms with Gasteiger partial charge in [0.15, 0.2) is 0 Å². The zero-order valence-electron chi connectivity index (χ0n) is 34.9. The van der Waals surface area contributed by atoms with Gasteiger partial charge in [-0.15, -0.1) is 0 Å². The zero-order valence-corrected chi connectivity index (χ0v) is 34.9. The van der Waals surface area contributed by atoms with E-state index in [-0.39, 0.29) is 11.9 Å². The van der Waals surface area contributed by atoms with Gasteiger partial charge in [0.05, 0.1) is 24.3 Å². The fourth-order valence-corrected chi connectivity index (χ4v) is 6.95. The normalized spacial score (nSPS) is 11.5. The molecule has 0 unspecified atom stereocenters. The summed E-state index contributed by atoms with van der Waals surface area (Å²) >= 11 is 0. The van der Waals surface area contributed by atoms with Gasteiger partial charge in [-0.2, -0.15) is 0 Å². The van der Waals surface area contributed by atoms with E-state index in [0.29, 0.717) is 24.3 Å². The lowest BCUT2D eigenvalue weighted by Crippen LogP contribution is -2.28. The molecular formula is C46H84N2O4. The molecule has 0 aromatic heterocycles. The number of rotatable bonds is 38. The lowest BCUT2D eigenvalue weighted by atomic mass is 10.1. The molecule has 6 heteroatoms. The number of esters is 2. The average Bonchev–Trinajstić information content (AvgIpc) is 3.16. The molecule has 6 nitrogen and oxygen atoms in total. The van der Waals surface area contributed by atoms with Crippen LogP contribution in [-0.4, -0.2) is 74.2 Å². The first-order valence-corrected chi connectivity index (χ1v) is 22.4. The summed E-state index contributed by atoms with van der Waals surface area (Å²) in [6.07, 6.45) is 33.2. The Morgan fingerprint density at radius 3 is 0.865 bits per heavy atom. The minimum absolute atomic E-state index is 0.325. The highest BCUT2D eigenvalue weighted by Gasteiger charge is 2.13. The molecule has 1 aromatic carbocycles. The van der Waals surface area contributed by atoms with Gasteiger partial charge >= 0.3 is 11.9 Å². The lowest BCUT2D eigenvalue weighted by molar-refractivity contribution is 0.0473. The summed E-state index contributed by atoms with van der Waals surface area (Å²) in [5.41, 5.74) is 0.959. The molecule has 0 spiro atoms. The second kappa shape index (κ2) is 36.1. The van der Waals surface area contributed by atoms with Gasteiger partial charge in [-0.05, 0) is 89.0 Å². The summed E-state index contributed by atoms with van der Waals surface area (Å²) in [7, 11) is 0. The van der Waals surface area contributed by atoms with Gasteiger partial charge in [-0.1, -0.05) is 156 Å². The van der Waals surface area contributed by atoms with Crippen LogP contribution < -0.4 is 0 Å². The second-order valence-corrected chi connectivity index (χ2v) is 15.3. The number of hydrogen-bond acceptors (Lipinski definition) is 6. The molecule has 0 aliphatic rings. The first-order chi connectivity index (χ1) is 25.5. The van der Waals surface area contributed by atoms with Gasteiger partial charge in [0, 0.05) is 13.1 Å². The van der Waals surface area contributed by atoms with Crippen molar-refractivity contribution < 1.29 is 19.1 Å². The topological polar surface area (TPSA) is 59.1 Å². The summed E-state index contributed by atoms with van der Waals surface area (Å²) in [4.78, 5) is 30.7. The van der Waals surface area contributed by atoms with Crippen LogP contribution in [0.1, 0.15) is 215 Å². The molecule has 0 heterocycles. The van der Waals surface area contributed by atoms with Crippen LogP contribution in [0, 0.1) is 0 Å². The average molecular weight is 729 g/mol. The molecule has 0 atom stereocenters. The third-order valence-electron chi connectivity index (χ3n) is 10.4. The van der Waals surface area contributed by atoms with E-state index in [0.717, 1.165) is 52.1 Å². The minimum Gasteiger partial charge on any atom is -0.462 e. The fourth-order valence-electron chi connectivity index (χ4n) is 6.95. The van der Waals surface area contributed by atoms with Crippen molar-refractivity contribution in [3.8, 4) is 0 Å². The third-order valence-corrected chi connectivity index (χ3v) is 10.4. The van der Waals surface area contributed by atoms with Crippen LogP contribution in [0.15, 0.2) is 24.3 Å². The maximum atomic E-state index is 12.8. The van der Waals surface area contributed by atoms with Crippen LogP contribution in [0.5, 0.6) is 0 Å². The number of carbonyl (C=O) groups excluding carboxylic acids is 2. The van der Waals surface area contributed by atoms with E-state index in [9.17, 15) is 9.59 Å². The highest BCUT2D eigenvalue weighted by atomic mass is 16.5. The molecule has 0 amide bonds. The Morgan fingerprint density at radius 2 is 0.596 bits per heavy atom. The molecule has 302 valence electrons. The van der Waals surface area contributed by atoms with Gasteiger partial charge in [0.1, 0.15) is 0 Å². The number of benzene rings is 1. The molecule has 1 rings (SSSR count). The molecule has 0 fully saturated rings. The fraction of sp³-hybridized carbons (Fsp3) is 0.826. The molecule has 0 N–H and O–H groups in total. The van der Waals surface area contributed by atoms with E-state index >= 15 is 0 Å². The van der Waals surface area contributed by atoms with Gasteiger partial charge in [-0.3, -0.25) is 0 Å². The molecule has 0 aliphatic carbocycles. The van der Waals surface area contributed by atoms with E-state index in [1.807, 2.05) is 0 Å². The third kappa shape index (κ3) is 27.7. The van der Waals surface area contributed by atoms with Crippen molar-refractivity contribution in [2.45, 2.75) is 195 Å². The lowest BCUT2D eigenvalue weighted by Gasteiger charge is -2.22. The van der Waals surface area contributed by atoms with Crippen LogP contribution in [0.25, 0.3) is 0 Å². The monoisotopic (exact) mass is 729 g/mol. The van der Waals surface area contributed by atoms with Crippen LogP contribution in [-0.2, 0) is 9.47 Å². The summed E-state index contributed by atoms with van der Waals surface area (Å²) in [5.74, 6) is -0.650. The SMILES string of the molecule is CCCCCCCCN(CCCCCCCC)CCCOC(=O)c1ccc(C(=O)OCCCN(CCCCCCCC)CCCCCCCC)cc1. The molecule has 0 aliphatic heterocycles. The van der Waals surface area contributed by atoms with Crippen molar-refractivity contribution in [2.75, 3.05) is 52.5 Å². The minimum atomic E-state index is -0.325. The quantitative estimate of drug-likeness (QED) is 0.0499. The Bertz CT molecular complexity index is 830. The summed E-state index contributed by atoms with van der Waals surface area (Å²) in [6, 6.07) is 6.74. The Morgan fingerprint density at radius 1 is 0.365 bits per heavy atom. The number of ether oxygens (including phenoxy) is 2. The maximum Gasteiger partial charge on any atom is 0.338 e. The van der Waals surface area contributed by atoms with Crippen LogP contribution in [0.4, 0.5) is 0 Å². The summed E-state index contributed by atoms with van der Waals surface area (Å²) < 4.78 is 11.3. The molecule has 0 radical (unpaired) electrons. The Labute approximate surface area is 322 Å². The number of hydrogen-bond donors (Lipinski definition) is 0. The van der Waals surface area contributed by atoms with Crippen LogP contribution in [0.3, 0.4) is 0 Å². The number of nitrogens with zero attached hydrogens (tertiary/aromatic N) is 2. The molecule has 0 saturated carbocycles. The van der Waals surface area contributed by atoms with Crippen molar-refractivity contribution in [3.63, 3.8) is 0 Å². The largest absolute Gasteiger partial charge is 0.462 e. The Hall–Kier alpha value is -1.92. The molecular weight excluding hydrogens is 645 g/mol. The van der Waals surface area contributed by atoms with Crippen molar-refractivity contribution in [1.29, 1.82) is 0 Å². The first-order valence-electron chi connectivity index (χ1n) is 22.4. The number of unbranched alkanes of at least 4 members (excludes halogenated alkanes) is 20. The van der Waals surface area contributed by atoms with Crippen molar-refractivity contribution >= 4 is 11.9 Å². The second-order valence-electron chi connectivity index (χ2n) is 15.3. The predicted molar refractivity (Wildman–Crippen MR) is 223 cm³/mol. The first kappa shape index (κ1) is 48.1. The van der Waals surface area contributed by atoms with Crippen LogP contribution >= 0.6 is 0 Å². The highest BCUT2D eigenvalue weighted by Crippen LogP contribution is 2.13. The van der Waals surface area contributed by atoms with E-state index in [4.69, 9.17) is 9.47 Å². The van der Waals surface area contributed by atoms with E-state index in [2.05, 4.69) is 37.5 Å². The van der Waals surface area contributed by atoms with Crippen molar-refractivity contribution in [2.24, 2.45) is 0 Å². The molecule has 0 saturated heterocycles. The number of carbonyl (C=O) groups is 2. The van der Waals surface area contributed by atoms with E-state index in [1.165, 1.54) is 154 Å². The summed E-state index contributed by atoms with van der Waals surface area (Å²) in [6.45, 7) is 16.4. The smallest absolute Gasteiger partial charge is 0.338 e. The maximum absolute atomic E-state index is 12.8.